The molecule has 4 rings (SSSR count). The van der Waals surface area contributed by atoms with Crippen molar-refractivity contribution in [2.24, 2.45) is 35.5 Å². The number of Topliss-reactive ketones (excluding diaryl/α,β-unsaturated/α-hetero) is 3. The second-order valence-electron chi connectivity index (χ2n) is 19.6. The van der Waals surface area contributed by atoms with Crippen molar-refractivity contribution in [1.29, 1.82) is 0 Å². The number of fused-ring (bicyclic) bond motifs is 3. The van der Waals surface area contributed by atoms with Crippen LogP contribution in [0.15, 0.2) is 47.6 Å². The summed E-state index contributed by atoms with van der Waals surface area (Å²) in [4.78, 5) is 71.8. The van der Waals surface area contributed by atoms with Crippen LogP contribution in [0.5, 0.6) is 0 Å². The van der Waals surface area contributed by atoms with Gasteiger partial charge in [0.15, 0.2) is 5.78 Å². The van der Waals surface area contributed by atoms with E-state index in [1.54, 1.807) is 41.1 Å². The van der Waals surface area contributed by atoms with Crippen molar-refractivity contribution >= 4 is 29.2 Å². The van der Waals surface area contributed by atoms with Crippen molar-refractivity contribution in [2.75, 3.05) is 27.9 Å². The summed E-state index contributed by atoms with van der Waals surface area (Å²) in [6, 6.07) is -1.14. The Hall–Kier alpha value is -3.37. The maximum Gasteiger partial charge on any atom is 0.329 e. The van der Waals surface area contributed by atoms with Gasteiger partial charge in [-0.1, -0.05) is 71.1 Å². The van der Waals surface area contributed by atoms with Crippen LogP contribution in [-0.2, 0) is 47.7 Å². The Balaban J connectivity index is 1.70. The van der Waals surface area contributed by atoms with Crippen LogP contribution in [0, 0.1) is 35.5 Å². The molecule has 0 aromatic rings. The van der Waals surface area contributed by atoms with Crippen molar-refractivity contribution in [2.45, 2.75) is 180 Å². The Kier molecular flexibility index (Phi) is 21.0. The fraction of sp³-hybridized carbons (Fsp3) is 0.745. The largest absolute Gasteiger partial charge is 0.460 e. The lowest BCUT2D eigenvalue weighted by Gasteiger charge is -2.42. The number of carbonyl (C=O) groups excluding carboxylic acids is 5. The fourth-order valence-corrected chi connectivity index (χ4v) is 10.1. The molecule has 3 N–H and O–H groups in total. The number of hydrogen-bond donors (Lipinski definition) is 3. The Bertz CT molecular complexity index is 1760. The molecule has 4 aliphatic rings. The number of piperidine rings is 1. The van der Waals surface area contributed by atoms with E-state index in [0.717, 1.165) is 12.0 Å². The number of amides is 1. The van der Waals surface area contributed by atoms with Crippen molar-refractivity contribution < 1.29 is 63.0 Å². The molecule has 2 saturated heterocycles. The van der Waals surface area contributed by atoms with Crippen LogP contribution in [-0.4, -0.2) is 132 Å². The van der Waals surface area contributed by atoms with Crippen molar-refractivity contribution in [1.82, 2.24) is 4.90 Å². The van der Waals surface area contributed by atoms with Crippen LogP contribution in [0.1, 0.15) is 126 Å². The fourth-order valence-electron chi connectivity index (χ4n) is 10.1. The summed E-state index contributed by atoms with van der Waals surface area (Å²) in [7, 11) is 4.52. The Morgan fingerprint density at radius 2 is 1.57 bits per heavy atom. The summed E-state index contributed by atoms with van der Waals surface area (Å²) in [6.45, 7) is 12.7. The number of allylic oxidation sites excluding steroid dienone is 6. The van der Waals surface area contributed by atoms with Gasteiger partial charge >= 0.3 is 5.97 Å². The minimum atomic E-state index is -2.43. The van der Waals surface area contributed by atoms with E-state index < -0.39 is 83.9 Å². The third kappa shape index (κ3) is 14.3. The molecule has 1 amide bonds. The molecule has 1 aliphatic carbocycles. The average molecular weight is 914 g/mol. The maximum atomic E-state index is 14.4. The van der Waals surface area contributed by atoms with Crippen LogP contribution in [0.3, 0.4) is 0 Å². The molecule has 7 unspecified atom stereocenters. The van der Waals surface area contributed by atoms with Crippen LogP contribution in [0.2, 0.25) is 0 Å². The van der Waals surface area contributed by atoms with Gasteiger partial charge in [-0.05, 0) is 107 Å². The van der Waals surface area contributed by atoms with E-state index in [0.29, 0.717) is 63.4 Å². The van der Waals surface area contributed by atoms with Gasteiger partial charge < -0.3 is 43.9 Å². The number of hydrogen-bond acceptors (Lipinski definition) is 13. The van der Waals surface area contributed by atoms with E-state index in [9.17, 15) is 39.3 Å². The molecule has 14 nitrogen and oxygen atoms in total. The Morgan fingerprint density at radius 1 is 0.846 bits per heavy atom. The molecular formula is C51H79NO13. The van der Waals surface area contributed by atoms with E-state index in [2.05, 4.69) is 0 Å². The predicted octanol–water partition coefficient (Wildman–Crippen LogP) is 6.18. The van der Waals surface area contributed by atoms with Gasteiger partial charge in [-0.3, -0.25) is 19.2 Å². The first kappa shape index (κ1) is 54.2. The zero-order chi connectivity index (χ0) is 48.2. The molecular weight excluding hydrogens is 835 g/mol. The van der Waals surface area contributed by atoms with Gasteiger partial charge in [0, 0.05) is 58.5 Å². The standard InChI is InChI=1S/C51H79NO13/c1-30-16-12-11-13-17-31(2)42(61-8)28-38-21-19-36(7)51(60,65-38)48(57)49(58)52-23-15-14-18-39(52)50(59)64-43(33(4)26-37-20-22-40(53)44(27-37)62-9)29-41(54)32(3)25-35(6)46(56)47(63-10)45(55)34(5)24-30/h11-13,16-17,25,30,32-34,36-40,42-44,46-47,53,56,60H,14-15,18-24,26-29H2,1-10H3/b13-11?,16-12+,31-17?,35-25+/t30-,32?,33-,34?,36?,37+,38+,39?,40?,42+,43+,44-,46?,47+,51?/m1/s1. The summed E-state index contributed by atoms with van der Waals surface area (Å²) in [5.74, 6) is -7.96. The zero-order valence-corrected chi connectivity index (χ0v) is 40.6. The summed E-state index contributed by atoms with van der Waals surface area (Å²) >= 11 is 0. The summed E-state index contributed by atoms with van der Waals surface area (Å²) in [5, 5.41) is 33.8. The topological polar surface area (TPSA) is 195 Å². The summed E-state index contributed by atoms with van der Waals surface area (Å²) < 4.78 is 29.4. The number of methoxy groups -OCH3 is 3. The maximum absolute atomic E-state index is 14.4. The molecule has 0 spiro atoms. The number of aliphatic hydroxyl groups excluding tert-OH is 2. The van der Waals surface area contributed by atoms with Gasteiger partial charge in [0.05, 0.1) is 24.4 Å². The molecule has 0 radical (unpaired) electrons. The van der Waals surface area contributed by atoms with Crippen LogP contribution >= 0.6 is 0 Å². The van der Waals surface area contributed by atoms with E-state index in [4.69, 9.17) is 23.7 Å². The lowest BCUT2D eigenvalue weighted by molar-refractivity contribution is -0.265. The summed E-state index contributed by atoms with van der Waals surface area (Å²) in [5.41, 5.74) is 1.27. The molecule has 366 valence electrons. The lowest BCUT2D eigenvalue weighted by Crippen LogP contribution is -2.61. The molecule has 1 saturated carbocycles. The van der Waals surface area contributed by atoms with Crippen molar-refractivity contribution in [3.8, 4) is 0 Å². The highest BCUT2D eigenvalue weighted by atomic mass is 16.6. The number of cyclic esters (lactones) is 1. The van der Waals surface area contributed by atoms with E-state index in [-0.39, 0.29) is 54.8 Å². The highest BCUT2D eigenvalue weighted by molar-refractivity contribution is 6.39. The molecule has 65 heavy (non-hydrogen) atoms. The Morgan fingerprint density at radius 3 is 2.25 bits per heavy atom. The number of nitrogens with zero attached hydrogens (tertiary/aromatic N) is 1. The number of carbonyl (C=O) groups is 5. The van der Waals surface area contributed by atoms with Gasteiger partial charge in [0.2, 0.25) is 5.79 Å². The average Bonchev–Trinajstić information content (AvgIpc) is 3.28. The second-order valence-corrected chi connectivity index (χ2v) is 19.6. The molecule has 3 aliphatic heterocycles. The first-order valence-electron chi connectivity index (χ1n) is 23.9. The highest BCUT2D eigenvalue weighted by Gasteiger charge is 2.53. The molecule has 3 fully saturated rings. The normalized spacial score (nSPS) is 39.1. The van der Waals surface area contributed by atoms with E-state index in [1.807, 2.05) is 58.1 Å². The van der Waals surface area contributed by atoms with E-state index >= 15 is 0 Å². The Labute approximate surface area is 387 Å². The quantitative estimate of drug-likeness (QED) is 0.156. The molecule has 14 heteroatoms. The number of rotatable bonds is 6. The smallest absolute Gasteiger partial charge is 0.329 e. The first-order valence-corrected chi connectivity index (χ1v) is 23.9. The monoisotopic (exact) mass is 914 g/mol. The van der Waals surface area contributed by atoms with Crippen molar-refractivity contribution in [3.05, 3.63) is 47.6 Å². The van der Waals surface area contributed by atoms with Crippen molar-refractivity contribution in [3.63, 3.8) is 0 Å². The number of esters is 1. The third-order valence-electron chi connectivity index (χ3n) is 14.5. The minimum Gasteiger partial charge on any atom is -0.460 e. The van der Waals surface area contributed by atoms with Gasteiger partial charge in [-0.25, -0.2) is 4.79 Å². The van der Waals surface area contributed by atoms with Gasteiger partial charge in [0.1, 0.15) is 30.1 Å². The molecule has 2 bridgehead atoms. The van der Waals surface area contributed by atoms with E-state index in [1.165, 1.54) is 12.0 Å². The number of ether oxygens (including phenoxy) is 5. The molecule has 0 aromatic carbocycles. The summed E-state index contributed by atoms with van der Waals surface area (Å²) in [6.07, 6.45) is 11.2. The van der Waals surface area contributed by atoms with Gasteiger partial charge in [-0.15, -0.1) is 0 Å². The number of ketones is 3. The lowest BCUT2D eigenvalue weighted by atomic mass is 9.78. The first-order chi connectivity index (χ1) is 30.7. The second kappa shape index (κ2) is 25.1. The molecule has 3 heterocycles. The van der Waals surface area contributed by atoms with Crippen LogP contribution < -0.4 is 0 Å². The predicted molar refractivity (Wildman–Crippen MR) is 245 cm³/mol. The molecule has 15 atom stereocenters. The minimum absolute atomic E-state index is 0.0193. The van der Waals surface area contributed by atoms with Crippen LogP contribution in [0.4, 0.5) is 0 Å². The SMILES string of the molecule is CO[C@H]1C[C@@H]2CCC(C)C(O)(O2)C(=O)C(=O)N2CCCCC2C(=O)O[C@H]([C@H](C)C[C@@H]2CCC(O)[C@H](OC)C2)CC(=O)C(C)/C=C(\C)C(O)[C@@H](OC)C(=O)C(C)C[C@H](C)/C=C/C=CC=C1C. The molecule has 0 aromatic heterocycles. The van der Waals surface area contributed by atoms with Gasteiger partial charge in [-0.2, -0.15) is 0 Å². The highest BCUT2D eigenvalue weighted by Crippen LogP contribution is 2.38. The third-order valence-corrected chi connectivity index (χ3v) is 14.5. The van der Waals surface area contributed by atoms with Gasteiger partial charge in [0.25, 0.3) is 11.7 Å². The van der Waals surface area contributed by atoms with Crippen LogP contribution in [0.25, 0.3) is 0 Å². The number of aliphatic hydroxyl groups is 3. The zero-order valence-electron chi connectivity index (χ0n) is 40.6.